The average Bonchev–Trinajstić information content (AvgIpc) is 2.41. The van der Waals surface area contributed by atoms with Gasteiger partial charge in [-0.3, -0.25) is 9.69 Å². The molecule has 2 heterocycles. The molecule has 1 saturated heterocycles. The van der Waals surface area contributed by atoms with Crippen LogP contribution in [0.2, 0.25) is 0 Å². The van der Waals surface area contributed by atoms with Crippen LogP contribution in [0.5, 0.6) is 0 Å². The number of piperazine rings is 1. The molecule has 1 aromatic heterocycles. The first-order chi connectivity index (χ1) is 9.00. The van der Waals surface area contributed by atoms with E-state index in [4.69, 9.17) is 23.7 Å². The average molecular weight is 282 g/mol. The summed E-state index contributed by atoms with van der Waals surface area (Å²) >= 11 is 5.00. The van der Waals surface area contributed by atoms with Gasteiger partial charge in [0.1, 0.15) is 5.69 Å². The Morgan fingerprint density at radius 1 is 1.47 bits per heavy atom. The molecule has 8 heteroatoms. The zero-order valence-electron chi connectivity index (χ0n) is 10.8. The zero-order chi connectivity index (χ0) is 14.0. The van der Waals surface area contributed by atoms with Crippen LogP contribution in [0.3, 0.4) is 0 Å². The predicted octanol–water partition coefficient (Wildman–Crippen LogP) is -0.851. The third-order valence-electron chi connectivity index (χ3n) is 3.44. The Hall–Kier alpha value is -1.67. The summed E-state index contributed by atoms with van der Waals surface area (Å²) in [4.78, 5) is 22.8. The van der Waals surface area contributed by atoms with Crippen LogP contribution in [0.1, 0.15) is 6.92 Å². The molecule has 0 radical (unpaired) electrons. The number of nitrogens with one attached hydrogen (secondary N) is 1. The summed E-state index contributed by atoms with van der Waals surface area (Å²) in [6, 6.07) is 0.0848. The Morgan fingerprint density at radius 2 is 2.11 bits per heavy atom. The predicted molar refractivity (Wildman–Crippen MR) is 79.3 cm³/mol. The summed E-state index contributed by atoms with van der Waals surface area (Å²) in [6.07, 6.45) is 1.37. The van der Waals surface area contributed by atoms with Crippen LogP contribution in [0.15, 0.2) is 11.1 Å². The van der Waals surface area contributed by atoms with E-state index in [1.54, 1.807) is 0 Å². The molecule has 1 aliphatic rings. The molecule has 0 spiro atoms. The van der Waals surface area contributed by atoms with Crippen molar-refractivity contribution >= 4 is 28.7 Å². The number of H-pyrrole nitrogens is 1. The third-order valence-corrected chi connectivity index (χ3v) is 3.78. The van der Waals surface area contributed by atoms with Gasteiger partial charge in [0.05, 0.1) is 17.4 Å². The molecule has 0 amide bonds. The molecule has 2 rings (SSSR count). The fourth-order valence-electron chi connectivity index (χ4n) is 2.15. The van der Waals surface area contributed by atoms with Gasteiger partial charge in [-0.25, -0.2) is 4.98 Å². The zero-order valence-corrected chi connectivity index (χ0v) is 11.6. The number of rotatable bonds is 3. The maximum Gasteiger partial charge on any atom is 0.276 e. The van der Waals surface area contributed by atoms with Gasteiger partial charge in [-0.1, -0.05) is 12.2 Å². The summed E-state index contributed by atoms with van der Waals surface area (Å²) in [5.41, 5.74) is 11.3. The van der Waals surface area contributed by atoms with E-state index < -0.39 is 0 Å². The van der Waals surface area contributed by atoms with Crippen molar-refractivity contribution in [2.24, 2.45) is 5.73 Å². The molecule has 0 aromatic carbocycles. The minimum Gasteiger partial charge on any atom is -0.392 e. The van der Waals surface area contributed by atoms with E-state index >= 15 is 0 Å². The third kappa shape index (κ3) is 2.85. The lowest BCUT2D eigenvalue weighted by Gasteiger charge is -2.38. The second-order valence-corrected chi connectivity index (χ2v) is 5.04. The van der Waals surface area contributed by atoms with Crippen molar-refractivity contribution in [2.75, 3.05) is 36.8 Å². The Kier molecular flexibility index (Phi) is 4.01. The molecule has 0 bridgehead atoms. The second-order valence-electron chi connectivity index (χ2n) is 4.57. The highest BCUT2D eigenvalue weighted by Gasteiger charge is 2.24. The first kappa shape index (κ1) is 13.8. The molecule has 1 aromatic rings. The van der Waals surface area contributed by atoms with Gasteiger partial charge in [0.15, 0.2) is 5.82 Å². The number of aromatic nitrogens is 2. The van der Waals surface area contributed by atoms with Gasteiger partial charge in [-0.15, -0.1) is 0 Å². The Morgan fingerprint density at radius 3 is 2.68 bits per heavy atom. The summed E-state index contributed by atoms with van der Waals surface area (Å²) in [6.45, 7) is 5.11. The van der Waals surface area contributed by atoms with E-state index in [0.29, 0.717) is 10.8 Å². The molecular weight excluding hydrogens is 264 g/mol. The van der Waals surface area contributed by atoms with Gasteiger partial charge in [-0.2, -0.15) is 0 Å². The standard InChI is InChI=1S/C11H18N6OS/c1-7(9(13)19)16-2-4-17(5-3-16)10-8(12)11(18)15-6-14-10/h6-7H,2-5,12H2,1H3,(H2,13,19)(H,14,15,18). The SMILES string of the molecule is CC(C(N)=S)N1CCN(c2nc[nH]c(=O)c2N)CC1. The number of nitrogens with two attached hydrogens (primary N) is 2. The number of anilines is 2. The Labute approximate surface area is 116 Å². The van der Waals surface area contributed by atoms with Gasteiger partial charge in [0.25, 0.3) is 5.56 Å². The fourth-order valence-corrected chi connectivity index (χ4v) is 2.30. The first-order valence-corrected chi connectivity index (χ1v) is 6.53. The van der Waals surface area contributed by atoms with E-state index in [0.717, 1.165) is 26.2 Å². The van der Waals surface area contributed by atoms with Crippen molar-refractivity contribution < 1.29 is 0 Å². The highest BCUT2D eigenvalue weighted by atomic mass is 32.1. The molecule has 19 heavy (non-hydrogen) atoms. The smallest absolute Gasteiger partial charge is 0.276 e. The Balaban J connectivity index is 2.06. The van der Waals surface area contributed by atoms with Crippen LogP contribution in [0.25, 0.3) is 0 Å². The topological polar surface area (TPSA) is 104 Å². The molecule has 0 aliphatic carbocycles. The number of hydrogen-bond acceptors (Lipinski definition) is 6. The lowest BCUT2D eigenvalue weighted by atomic mass is 10.2. The molecule has 0 saturated carbocycles. The summed E-state index contributed by atoms with van der Waals surface area (Å²) in [5.74, 6) is 0.548. The van der Waals surface area contributed by atoms with Crippen LogP contribution in [0, 0.1) is 0 Å². The summed E-state index contributed by atoms with van der Waals surface area (Å²) in [5, 5.41) is 0. The number of aromatic amines is 1. The fraction of sp³-hybridized carbons (Fsp3) is 0.545. The van der Waals surface area contributed by atoms with E-state index in [1.807, 2.05) is 11.8 Å². The largest absolute Gasteiger partial charge is 0.392 e. The van der Waals surface area contributed by atoms with Crippen molar-refractivity contribution in [3.05, 3.63) is 16.7 Å². The highest BCUT2D eigenvalue weighted by molar-refractivity contribution is 7.80. The van der Waals surface area contributed by atoms with E-state index in [2.05, 4.69) is 14.9 Å². The molecule has 1 aliphatic heterocycles. The molecule has 1 fully saturated rings. The van der Waals surface area contributed by atoms with Gasteiger partial charge in [0.2, 0.25) is 0 Å². The maximum absolute atomic E-state index is 11.5. The molecule has 104 valence electrons. The second kappa shape index (κ2) is 5.54. The lowest BCUT2D eigenvalue weighted by Crippen LogP contribution is -2.53. The van der Waals surface area contributed by atoms with Crippen LogP contribution >= 0.6 is 12.2 Å². The van der Waals surface area contributed by atoms with Crippen LogP contribution in [-0.2, 0) is 0 Å². The van der Waals surface area contributed by atoms with Crippen LogP contribution in [0.4, 0.5) is 11.5 Å². The molecular formula is C11H18N6OS. The van der Waals surface area contributed by atoms with Gasteiger partial charge >= 0.3 is 0 Å². The van der Waals surface area contributed by atoms with Gasteiger partial charge in [-0.05, 0) is 6.92 Å². The first-order valence-electron chi connectivity index (χ1n) is 6.12. The number of nitrogens with zero attached hydrogens (tertiary/aromatic N) is 3. The van der Waals surface area contributed by atoms with Crippen molar-refractivity contribution in [3.8, 4) is 0 Å². The molecule has 1 unspecified atom stereocenters. The minimum atomic E-state index is -0.302. The van der Waals surface area contributed by atoms with Crippen molar-refractivity contribution in [2.45, 2.75) is 13.0 Å². The minimum absolute atomic E-state index is 0.0848. The number of thiocarbonyl (C=S) groups is 1. The van der Waals surface area contributed by atoms with Gasteiger partial charge < -0.3 is 21.4 Å². The molecule has 7 nitrogen and oxygen atoms in total. The normalized spacial score (nSPS) is 18.3. The van der Waals surface area contributed by atoms with Crippen molar-refractivity contribution in [1.82, 2.24) is 14.9 Å². The van der Waals surface area contributed by atoms with E-state index in [1.165, 1.54) is 6.33 Å². The molecule has 5 N–H and O–H groups in total. The van der Waals surface area contributed by atoms with Crippen LogP contribution < -0.4 is 21.9 Å². The van der Waals surface area contributed by atoms with E-state index in [-0.39, 0.29) is 17.3 Å². The summed E-state index contributed by atoms with van der Waals surface area (Å²) in [7, 11) is 0. The lowest BCUT2D eigenvalue weighted by molar-refractivity contribution is 0.239. The number of hydrogen-bond donors (Lipinski definition) is 3. The van der Waals surface area contributed by atoms with Crippen molar-refractivity contribution in [1.29, 1.82) is 0 Å². The Bertz CT molecular complexity index is 522. The maximum atomic E-state index is 11.5. The van der Waals surface area contributed by atoms with E-state index in [9.17, 15) is 4.79 Å². The quantitative estimate of drug-likeness (QED) is 0.620. The van der Waals surface area contributed by atoms with Gasteiger partial charge in [0, 0.05) is 26.2 Å². The highest BCUT2D eigenvalue weighted by Crippen LogP contribution is 2.17. The summed E-state index contributed by atoms with van der Waals surface area (Å²) < 4.78 is 0. The van der Waals surface area contributed by atoms with Crippen molar-refractivity contribution in [3.63, 3.8) is 0 Å². The monoisotopic (exact) mass is 282 g/mol. The molecule has 1 atom stereocenters. The number of nitrogen functional groups attached to an aromatic ring is 1. The van der Waals surface area contributed by atoms with Crippen LogP contribution in [-0.4, -0.2) is 52.1 Å².